The fourth-order valence-electron chi connectivity index (χ4n) is 3.36. The quantitative estimate of drug-likeness (QED) is 0.801. The van der Waals surface area contributed by atoms with E-state index in [9.17, 15) is 18.3 Å². The second-order valence-electron chi connectivity index (χ2n) is 7.44. The first-order valence-electron chi connectivity index (χ1n) is 9.47. The molecule has 1 aliphatic heterocycles. The van der Waals surface area contributed by atoms with Crippen molar-refractivity contribution in [3.8, 4) is 5.75 Å². The normalized spacial score (nSPS) is 16.2. The maximum absolute atomic E-state index is 12.9. The van der Waals surface area contributed by atoms with Gasteiger partial charge in [0.15, 0.2) is 0 Å². The van der Waals surface area contributed by atoms with Gasteiger partial charge in [-0.05, 0) is 48.6 Å². The van der Waals surface area contributed by atoms with E-state index in [-0.39, 0.29) is 17.6 Å². The van der Waals surface area contributed by atoms with Gasteiger partial charge in [0, 0.05) is 30.8 Å². The van der Waals surface area contributed by atoms with Crippen LogP contribution >= 0.6 is 0 Å². The van der Waals surface area contributed by atoms with Crippen molar-refractivity contribution in [2.45, 2.75) is 37.5 Å². The highest BCUT2D eigenvalue weighted by Gasteiger charge is 2.32. The fourth-order valence-corrected chi connectivity index (χ4v) is 4.83. The number of phenols is 1. The molecule has 0 spiro atoms. The van der Waals surface area contributed by atoms with E-state index in [2.05, 4.69) is 19.2 Å². The second-order valence-corrected chi connectivity index (χ2v) is 9.38. The number of hydrogen-bond acceptors (Lipinski definition) is 4. The summed E-state index contributed by atoms with van der Waals surface area (Å²) in [7, 11) is -3.55. The number of piperidine rings is 1. The molecule has 7 heteroatoms. The maximum atomic E-state index is 12.9. The zero-order valence-corrected chi connectivity index (χ0v) is 16.9. The molecule has 0 aliphatic carbocycles. The smallest absolute Gasteiger partial charge is 0.243 e. The summed E-state index contributed by atoms with van der Waals surface area (Å²) in [6.45, 7) is 4.76. The van der Waals surface area contributed by atoms with Crippen molar-refractivity contribution in [1.82, 2.24) is 4.31 Å². The first-order chi connectivity index (χ1) is 13.3. The van der Waals surface area contributed by atoms with Crippen LogP contribution in [0.2, 0.25) is 0 Å². The van der Waals surface area contributed by atoms with Crippen molar-refractivity contribution in [2.75, 3.05) is 18.4 Å². The molecule has 2 N–H and O–H groups in total. The summed E-state index contributed by atoms with van der Waals surface area (Å²) in [6, 6.07) is 13.4. The van der Waals surface area contributed by atoms with E-state index >= 15 is 0 Å². The van der Waals surface area contributed by atoms with Crippen LogP contribution in [0.25, 0.3) is 0 Å². The standard InChI is InChI=1S/C21H26N2O4S/c1-15(2)16-6-8-20(9-7-16)28(26,27)23-12-10-17(11-13-23)21(25)22-18-4-3-5-19(24)14-18/h3-9,14-15,17,24H,10-13H2,1-2H3,(H,22,25). The lowest BCUT2D eigenvalue weighted by molar-refractivity contribution is -0.120. The van der Waals surface area contributed by atoms with Gasteiger partial charge in [-0.3, -0.25) is 4.79 Å². The number of carbonyl (C=O) groups is 1. The Morgan fingerprint density at radius 3 is 2.32 bits per heavy atom. The Bertz CT molecular complexity index is 931. The van der Waals surface area contributed by atoms with E-state index in [0.29, 0.717) is 42.4 Å². The monoisotopic (exact) mass is 402 g/mol. The molecule has 0 unspecified atom stereocenters. The molecule has 2 aromatic rings. The number of anilines is 1. The Kier molecular flexibility index (Phi) is 6.05. The van der Waals surface area contributed by atoms with Crippen LogP contribution in [0.15, 0.2) is 53.4 Å². The highest BCUT2D eigenvalue weighted by Crippen LogP contribution is 2.26. The van der Waals surface area contributed by atoms with Crippen molar-refractivity contribution in [1.29, 1.82) is 0 Å². The first-order valence-corrected chi connectivity index (χ1v) is 10.9. The van der Waals surface area contributed by atoms with E-state index in [4.69, 9.17) is 0 Å². The van der Waals surface area contributed by atoms with Crippen molar-refractivity contribution >= 4 is 21.6 Å². The van der Waals surface area contributed by atoms with Crippen LogP contribution in [0.1, 0.15) is 38.2 Å². The Morgan fingerprint density at radius 2 is 1.75 bits per heavy atom. The van der Waals surface area contributed by atoms with Gasteiger partial charge in [-0.1, -0.05) is 32.0 Å². The molecule has 0 saturated carbocycles. The fraction of sp³-hybridized carbons (Fsp3) is 0.381. The first kappa shape index (κ1) is 20.4. The van der Waals surface area contributed by atoms with Crippen LogP contribution in [-0.4, -0.2) is 36.8 Å². The molecule has 6 nitrogen and oxygen atoms in total. The van der Waals surface area contributed by atoms with Crippen LogP contribution < -0.4 is 5.32 Å². The predicted octanol–water partition coefficient (Wildman–Crippen LogP) is 3.56. The van der Waals surface area contributed by atoms with Gasteiger partial charge >= 0.3 is 0 Å². The van der Waals surface area contributed by atoms with Gasteiger partial charge in [0.2, 0.25) is 15.9 Å². The summed E-state index contributed by atoms with van der Waals surface area (Å²) >= 11 is 0. The lowest BCUT2D eigenvalue weighted by atomic mass is 9.97. The average Bonchev–Trinajstić information content (AvgIpc) is 2.68. The van der Waals surface area contributed by atoms with Crippen LogP contribution in [-0.2, 0) is 14.8 Å². The van der Waals surface area contributed by atoms with Crippen molar-refractivity contribution < 1.29 is 18.3 Å². The summed E-state index contributed by atoms with van der Waals surface area (Å²) in [5.74, 6) is 0.0285. The van der Waals surface area contributed by atoms with E-state index in [1.807, 2.05) is 12.1 Å². The highest BCUT2D eigenvalue weighted by atomic mass is 32.2. The molecule has 28 heavy (non-hydrogen) atoms. The zero-order chi connectivity index (χ0) is 20.3. The molecular weight excluding hydrogens is 376 g/mol. The number of aromatic hydroxyl groups is 1. The van der Waals surface area contributed by atoms with E-state index < -0.39 is 10.0 Å². The highest BCUT2D eigenvalue weighted by molar-refractivity contribution is 7.89. The number of amides is 1. The summed E-state index contributed by atoms with van der Waals surface area (Å²) in [5, 5.41) is 12.3. The van der Waals surface area contributed by atoms with E-state index in [1.165, 1.54) is 16.4 Å². The topological polar surface area (TPSA) is 86.7 Å². The van der Waals surface area contributed by atoms with Gasteiger partial charge < -0.3 is 10.4 Å². The molecule has 1 amide bonds. The second kappa shape index (κ2) is 8.32. The van der Waals surface area contributed by atoms with Gasteiger partial charge in [-0.15, -0.1) is 0 Å². The molecule has 1 fully saturated rings. The molecule has 150 valence electrons. The molecule has 0 bridgehead atoms. The molecule has 0 aromatic heterocycles. The van der Waals surface area contributed by atoms with Crippen molar-refractivity contribution in [2.24, 2.45) is 5.92 Å². The minimum Gasteiger partial charge on any atom is -0.508 e. The Hall–Kier alpha value is -2.38. The predicted molar refractivity (Wildman–Crippen MR) is 109 cm³/mol. The van der Waals surface area contributed by atoms with Crippen LogP contribution in [0.4, 0.5) is 5.69 Å². The Labute approximate surface area is 166 Å². The summed E-state index contributed by atoms with van der Waals surface area (Å²) in [4.78, 5) is 12.7. The molecule has 1 aliphatic rings. The third-order valence-electron chi connectivity index (χ3n) is 5.12. The summed E-state index contributed by atoms with van der Waals surface area (Å²) < 4.78 is 27.2. The van der Waals surface area contributed by atoms with Crippen LogP contribution in [0, 0.1) is 5.92 Å². The summed E-state index contributed by atoms with van der Waals surface area (Å²) in [5.41, 5.74) is 1.63. The van der Waals surface area contributed by atoms with Gasteiger partial charge in [-0.2, -0.15) is 4.31 Å². The molecule has 3 rings (SSSR count). The number of rotatable bonds is 5. The third-order valence-corrected chi connectivity index (χ3v) is 7.04. The number of nitrogens with one attached hydrogen (secondary N) is 1. The number of hydrogen-bond donors (Lipinski definition) is 2. The number of sulfonamides is 1. The minimum atomic E-state index is -3.55. The number of benzene rings is 2. The van der Waals surface area contributed by atoms with E-state index in [0.717, 1.165) is 5.56 Å². The maximum Gasteiger partial charge on any atom is 0.243 e. The SMILES string of the molecule is CC(C)c1ccc(S(=O)(=O)N2CCC(C(=O)Nc3cccc(O)c3)CC2)cc1. The zero-order valence-electron chi connectivity index (χ0n) is 16.1. The lowest BCUT2D eigenvalue weighted by Crippen LogP contribution is -2.41. The molecule has 1 heterocycles. The minimum absolute atomic E-state index is 0.0854. The number of phenolic OH excluding ortho intramolecular Hbond substituents is 1. The summed E-state index contributed by atoms with van der Waals surface area (Å²) in [6.07, 6.45) is 0.932. The van der Waals surface area contributed by atoms with Gasteiger partial charge in [-0.25, -0.2) is 8.42 Å². The van der Waals surface area contributed by atoms with Crippen molar-refractivity contribution in [3.63, 3.8) is 0 Å². The lowest BCUT2D eigenvalue weighted by Gasteiger charge is -2.30. The van der Waals surface area contributed by atoms with E-state index in [1.54, 1.807) is 24.3 Å². The molecule has 0 radical (unpaired) electrons. The molecule has 0 atom stereocenters. The Morgan fingerprint density at radius 1 is 1.11 bits per heavy atom. The third kappa shape index (κ3) is 4.54. The van der Waals surface area contributed by atoms with Crippen molar-refractivity contribution in [3.05, 3.63) is 54.1 Å². The number of carbonyl (C=O) groups excluding carboxylic acids is 1. The molecule has 2 aromatic carbocycles. The van der Waals surface area contributed by atoms with Crippen LogP contribution in [0.5, 0.6) is 5.75 Å². The molecule has 1 saturated heterocycles. The van der Waals surface area contributed by atoms with Gasteiger partial charge in [0.1, 0.15) is 5.75 Å². The van der Waals surface area contributed by atoms with Gasteiger partial charge in [0.05, 0.1) is 4.90 Å². The Balaban J connectivity index is 1.61. The largest absolute Gasteiger partial charge is 0.508 e. The number of nitrogens with zero attached hydrogens (tertiary/aromatic N) is 1. The average molecular weight is 403 g/mol. The molecular formula is C21H26N2O4S. The van der Waals surface area contributed by atoms with Crippen LogP contribution in [0.3, 0.4) is 0 Å². The van der Waals surface area contributed by atoms with Gasteiger partial charge in [0.25, 0.3) is 0 Å².